The van der Waals surface area contributed by atoms with E-state index in [9.17, 15) is 0 Å². The van der Waals surface area contributed by atoms with Crippen LogP contribution >= 0.6 is 0 Å². The summed E-state index contributed by atoms with van der Waals surface area (Å²) in [7, 11) is 0. The highest BCUT2D eigenvalue weighted by Gasteiger charge is 2.15. The predicted molar refractivity (Wildman–Crippen MR) is 169 cm³/mol. The molecule has 0 saturated carbocycles. The third-order valence-electron chi connectivity index (χ3n) is 7.45. The van der Waals surface area contributed by atoms with Crippen molar-refractivity contribution in [3.8, 4) is 39.5 Å². The standard InChI is InChI=1S/C37H30N4/c1-25(2)24-34-36(39-32-13-7-6-12-31(32)38-34)28-20-16-26(17-21-28)27-18-22-29(23-19-27)37-40-33-14-8-9-15-35(33)41(37)30-10-4-3-5-11-30/h3-23,25H,24H2,1-2H3. The zero-order chi connectivity index (χ0) is 27.8. The van der Waals surface area contributed by atoms with E-state index >= 15 is 0 Å². The van der Waals surface area contributed by atoms with Gasteiger partial charge in [-0.2, -0.15) is 0 Å². The molecule has 0 spiro atoms. The maximum absolute atomic E-state index is 5.03. The first-order valence-electron chi connectivity index (χ1n) is 14.1. The molecule has 5 aromatic carbocycles. The molecule has 0 unspecified atom stereocenters. The fourth-order valence-corrected chi connectivity index (χ4v) is 5.49. The van der Waals surface area contributed by atoms with Crippen molar-refractivity contribution >= 4 is 22.1 Å². The molecule has 0 aliphatic rings. The Balaban J connectivity index is 1.23. The van der Waals surface area contributed by atoms with Crippen LogP contribution in [0.5, 0.6) is 0 Å². The van der Waals surface area contributed by atoms with Gasteiger partial charge in [-0.3, -0.25) is 4.57 Å². The Morgan fingerprint density at radius 1 is 0.512 bits per heavy atom. The van der Waals surface area contributed by atoms with E-state index in [0.29, 0.717) is 5.92 Å². The summed E-state index contributed by atoms with van der Waals surface area (Å²) in [6.07, 6.45) is 0.893. The van der Waals surface area contributed by atoms with Gasteiger partial charge in [0.15, 0.2) is 0 Å². The van der Waals surface area contributed by atoms with Gasteiger partial charge in [0.2, 0.25) is 0 Å². The Kier molecular flexibility index (Phi) is 6.36. The van der Waals surface area contributed by atoms with Gasteiger partial charge in [-0.25, -0.2) is 15.0 Å². The molecule has 0 aliphatic heterocycles. The molecule has 4 heteroatoms. The third-order valence-corrected chi connectivity index (χ3v) is 7.45. The predicted octanol–water partition coefficient (Wildman–Crippen LogP) is 9.17. The summed E-state index contributed by atoms with van der Waals surface area (Å²) < 4.78 is 2.23. The van der Waals surface area contributed by atoms with E-state index in [1.165, 1.54) is 0 Å². The number of aromatic nitrogens is 4. The Labute approximate surface area is 240 Å². The third kappa shape index (κ3) is 4.78. The van der Waals surface area contributed by atoms with Gasteiger partial charge in [0, 0.05) is 16.8 Å². The van der Waals surface area contributed by atoms with Gasteiger partial charge in [-0.15, -0.1) is 0 Å². The maximum atomic E-state index is 5.03. The first-order chi connectivity index (χ1) is 20.1. The molecule has 0 radical (unpaired) electrons. The average Bonchev–Trinajstić information content (AvgIpc) is 3.41. The van der Waals surface area contributed by atoms with Crippen LogP contribution in [0.3, 0.4) is 0 Å². The van der Waals surface area contributed by atoms with E-state index in [-0.39, 0.29) is 0 Å². The smallest absolute Gasteiger partial charge is 0.145 e. The minimum atomic E-state index is 0.497. The van der Waals surface area contributed by atoms with Crippen LogP contribution in [-0.2, 0) is 6.42 Å². The summed E-state index contributed by atoms with van der Waals surface area (Å²) in [5, 5.41) is 0. The molecule has 7 aromatic rings. The van der Waals surface area contributed by atoms with Gasteiger partial charge in [-0.1, -0.05) is 105 Å². The van der Waals surface area contributed by atoms with Crippen molar-refractivity contribution in [3.63, 3.8) is 0 Å². The van der Waals surface area contributed by atoms with E-state index in [4.69, 9.17) is 15.0 Å². The van der Waals surface area contributed by atoms with E-state index in [0.717, 1.165) is 73.6 Å². The second-order valence-electron chi connectivity index (χ2n) is 10.9. The van der Waals surface area contributed by atoms with Crippen LogP contribution in [0.2, 0.25) is 0 Å². The van der Waals surface area contributed by atoms with Crippen molar-refractivity contribution in [3.05, 3.63) is 133 Å². The number of fused-ring (bicyclic) bond motifs is 2. The van der Waals surface area contributed by atoms with E-state index in [1.807, 2.05) is 36.4 Å². The van der Waals surface area contributed by atoms with Crippen LogP contribution in [0.25, 0.3) is 61.5 Å². The minimum Gasteiger partial charge on any atom is -0.292 e. The summed E-state index contributed by atoms with van der Waals surface area (Å²) in [6, 6.07) is 44.2. The van der Waals surface area contributed by atoms with Crippen LogP contribution in [0.15, 0.2) is 127 Å². The largest absolute Gasteiger partial charge is 0.292 e. The van der Waals surface area contributed by atoms with Crippen LogP contribution in [0, 0.1) is 5.92 Å². The molecule has 0 bridgehead atoms. The molecule has 0 fully saturated rings. The van der Waals surface area contributed by atoms with Crippen LogP contribution in [0.4, 0.5) is 0 Å². The molecule has 0 N–H and O–H groups in total. The first-order valence-corrected chi connectivity index (χ1v) is 14.1. The highest BCUT2D eigenvalue weighted by Crippen LogP contribution is 2.32. The second-order valence-corrected chi connectivity index (χ2v) is 10.9. The Morgan fingerprint density at radius 3 is 1.71 bits per heavy atom. The number of para-hydroxylation sites is 5. The lowest BCUT2D eigenvalue weighted by molar-refractivity contribution is 0.636. The molecule has 0 atom stereocenters. The average molecular weight is 531 g/mol. The fourth-order valence-electron chi connectivity index (χ4n) is 5.49. The van der Waals surface area contributed by atoms with Gasteiger partial charge >= 0.3 is 0 Å². The summed E-state index contributed by atoms with van der Waals surface area (Å²) >= 11 is 0. The number of hydrogen-bond acceptors (Lipinski definition) is 3. The quantitative estimate of drug-likeness (QED) is 0.215. The van der Waals surface area contributed by atoms with Crippen LogP contribution < -0.4 is 0 Å². The van der Waals surface area contributed by atoms with Crippen molar-refractivity contribution in [1.82, 2.24) is 19.5 Å². The summed E-state index contributed by atoms with van der Waals surface area (Å²) in [5.41, 5.74) is 11.6. The Morgan fingerprint density at radius 2 is 1.05 bits per heavy atom. The Bertz CT molecular complexity index is 1970. The summed E-state index contributed by atoms with van der Waals surface area (Å²) in [5.74, 6) is 1.43. The maximum Gasteiger partial charge on any atom is 0.145 e. The molecule has 0 aliphatic carbocycles. The van der Waals surface area contributed by atoms with Gasteiger partial charge in [0.1, 0.15) is 5.82 Å². The van der Waals surface area contributed by atoms with E-state index in [1.54, 1.807) is 0 Å². The zero-order valence-electron chi connectivity index (χ0n) is 23.2. The molecule has 2 aromatic heterocycles. The number of rotatable bonds is 6. The normalized spacial score (nSPS) is 11.5. The van der Waals surface area contributed by atoms with E-state index in [2.05, 4.69) is 109 Å². The number of nitrogens with zero attached hydrogens (tertiary/aromatic N) is 4. The highest BCUT2D eigenvalue weighted by atomic mass is 15.1. The minimum absolute atomic E-state index is 0.497. The topological polar surface area (TPSA) is 43.6 Å². The van der Waals surface area contributed by atoms with Crippen molar-refractivity contribution < 1.29 is 0 Å². The number of benzene rings is 5. The molecular weight excluding hydrogens is 500 g/mol. The molecule has 2 heterocycles. The lowest BCUT2D eigenvalue weighted by Gasteiger charge is -2.13. The van der Waals surface area contributed by atoms with Gasteiger partial charge in [-0.05, 0) is 59.9 Å². The lowest BCUT2D eigenvalue weighted by atomic mass is 9.98. The highest BCUT2D eigenvalue weighted by molar-refractivity contribution is 5.84. The van der Waals surface area contributed by atoms with Crippen molar-refractivity contribution in [2.24, 2.45) is 5.92 Å². The van der Waals surface area contributed by atoms with E-state index < -0.39 is 0 Å². The van der Waals surface area contributed by atoms with Gasteiger partial charge in [0.05, 0.1) is 33.5 Å². The first kappa shape index (κ1) is 24.9. The molecule has 0 saturated heterocycles. The number of imidazole rings is 1. The second kappa shape index (κ2) is 10.5. The van der Waals surface area contributed by atoms with Crippen LogP contribution in [0.1, 0.15) is 19.5 Å². The zero-order valence-corrected chi connectivity index (χ0v) is 23.2. The fraction of sp³-hybridized carbons (Fsp3) is 0.108. The molecule has 198 valence electrons. The SMILES string of the molecule is CC(C)Cc1nc2ccccc2nc1-c1ccc(-c2ccc(-c3nc4ccccc4n3-c3ccccc3)cc2)cc1. The lowest BCUT2D eigenvalue weighted by Crippen LogP contribution is -2.03. The Hall–Kier alpha value is -5.09. The number of hydrogen-bond donors (Lipinski definition) is 0. The molecule has 7 rings (SSSR count). The van der Waals surface area contributed by atoms with Crippen molar-refractivity contribution in [2.45, 2.75) is 20.3 Å². The van der Waals surface area contributed by atoms with Crippen LogP contribution in [-0.4, -0.2) is 19.5 Å². The van der Waals surface area contributed by atoms with Gasteiger partial charge < -0.3 is 0 Å². The molecule has 4 nitrogen and oxygen atoms in total. The summed E-state index contributed by atoms with van der Waals surface area (Å²) in [4.78, 5) is 15.0. The van der Waals surface area contributed by atoms with Crippen molar-refractivity contribution in [1.29, 1.82) is 0 Å². The van der Waals surface area contributed by atoms with Gasteiger partial charge in [0.25, 0.3) is 0 Å². The molecular formula is C37H30N4. The molecule has 0 amide bonds. The monoisotopic (exact) mass is 530 g/mol. The van der Waals surface area contributed by atoms with Crippen molar-refractivity contribution in [2.75, 3.05) is 0 Å². The summed E-state index contributed by atoms with van der Waals surface area (Å²) in [6.45, 7) is 4.45. The molecule has 41 heavy (non-hydrogen) atoms.